The summed E-state index contributed by atoms with van der Waals surface area (Å²) in [6.45, 7) is 2.30. The van der Waals surface area contributed by atoms with Crippen molar-refractivity contribution in [3.63, 3.8) is 0 Å². The first-order chi connectivity index (χ1) is 6.86. The van der Waals surface area contributed by atoms with E-state index in [1.165, 1.54) is 37.2 Å². The van der Waals surface area contributed by atoms with Crippen LogP contribution in [0.2, 0.25) is 0 Å². The van der Waals surface area contributed by atoms with Crippen molar-refractivity contribution in [1.29, 1.82) is 5.41 Å². The Morgan fingerprint density at radius 3 is 3.00 bits per heavy atom. The normalized spacial score (nSPS) is 29.3. The molecule has 0 aromatic rings. The maximum atomic E-state index is 7.88. The average molecular weight is 212 g/mol. The van der Waals surface area contributed by atoms with E-state index >= 15 is 0 Å². The van der Waals surface area contributed by atoms with Crippen LogP contribution in [0.4, 0.5) is 0 Å². The molecule has 2 nitrogen and oxygen atoms in total. The van der Waals surface area contributed by atoms with Gasteiger partial charge >= 0.3 is 0 Å². The Balaban J connectivity index is 1.79. The fourth-order valence-electron chi connectivity index (χ4n) is 2.35. The maximum absolute atomic E-state index is 7.88. The van der Waals surface area contributed by atoms with Crippen molar-refractivity contribution in [2.75, 3.05) is 24.6 Å². The van der Waals surface area contributed by atoms with Gasteiger partial charge < -0.3 is 4.90 Å². The Morgan fingerprint density at radius 1 is 1.36 bits per heavy atom. The number of thioether (sulfide) groups is 1. The Kier molecular flexibility index (Phi) is 3.74. The van der Waals surface area contributed by atoms with Crippen molar-refractivity contribution in [2.24, 2.45) is 5.92 Å². The summed E-state index contributed by atoms with van der Waals surface area (Å²) in [6.07, 6.45) is 6.31. The highest BCUT2D eigenvalue weighted by Gasteiger charge is 2.20. The molecular weight excluding hydrogens is 192 g/mol. The molecule has 0 amide bonds. The lowest BCUT2D eigenvalue weighted by Crippen LogP contribution is -2.39. The summed E-state index contributed by atoms with van der Waals surface area (Å²) >= 11 is 2.10. The third-order valence-electron chi connectivity index (χ3n) is 3.21. The Bertz CT molecular complexity index is 199. The van der Waals surface area contributed by atoms with Gasteiger partial charge in [-0.25, -0.2) is 0 Å². The number of piperidine rings is 1. The van der Waals surface area contributed by atoms with Gasteiger partial charge in [-0.05, 0) is 43.1 Å². The standard InChI is InChI=1S/C11H20N2S/c12-11-5-1-2-6-13(11)8-10-4-3-7-14-9-10/h10,12H,1-9H2. The number of amidine groups is 1. The van der Waals surface area contributed by atoms with Gasteiger partial charge in [-0.3, -0.25) is 5.41 Å². The van der Waals surface area contributed by atoms with Crippen LogP contribution >= 0.6 is 11.8 Å². The van der Waals surface area contributed by atoms with Crippen LogP contribution in [-0.4, -0.2) is 35.3 Å². The first-order valence-corrected chi connectivity index (χ1v) is 6.92. The molecule has 0 aromatic carbocycles. The number of likely N-dealkylation sites (tertiary alicyclic amines) is 1. The second-order valence-electron chi connectivity index (χ2n) is 4.43. The van der Waals surface area contributed by atoms with Crippen LogP contribution in [-0.2, 0) is 0 Å². The van der Waals surface area contributed by atoms with Gasteiger partial charge in [-0.2, -0.15) is 11.8 Å². The van der Waals surface area contributed by atoms with Crippen LogP contribution in [0.1, 0.15) is 32.1 Å². The minimum absolute atomic E-state index is 0.854. The van der Waals surface area contributed by atoms with E-state index in [4.69, 9.17) is 5.41 Å². The zero-order valence-electron chi connectivity index (χ0n) is 8.80. The molecule has 0 aromatic heterocycles. The van der Waals surface area contributed by atoms with Gasteiger partial charge in [0.05, 0.1) is 5.84 Å². The van der Waals surface area contributed by atoms with E-state index in [1.807, 2.05) is 0 Å². The molecule has 2 rings (SSSR count). The molecule has 0 saturated carbocycles. The monoisotopic (exact) mass is 212 g/mol. The molecule has 1 atom stereocenters. The lowest BCUT2D eigenvalue weighted by molar-refractivity contribution is 0.309. The molecule has 0 radical (unpaired) electrons. The molecular formula is C11H20N2S. The van der Waals surface area contributed by atoms with Crippen LogP contribution < -0.4 is 0 Å². The number of rotatable bonds is 2. The zero-order valence-corrected chi connectivity index (χ0v) is 9.61. The molecule has 1 unspecified atom stereocenters. The second kappa shape index (κ2) is 5.06. The molecule has 80 valence electrons. The largest absolute Gasteiger partial charge is 0.360 e. The summed E-state index contributed by atoms with van der Waals surface area (Å²) in [4.78, 5) is 2.32. The summed E-state index contributed by atoms with van der Waals surface area (Å²) in [5.41, 5.74) is 0. The first-order valence-electron chi connectivity index (χ1n) is 5.76. The predicted octanol–water partition coefficient (Wildman–Crippen LogP) is 2.59. The second-order valence-corrected chi connectivity index (χ2v) is 5.58. The van der Waals surface area contributed by atoms with E-state index in [0.717, 1.165) is 31.3 Å². The fraction of sp³-hybridized carbons (Fsp3) is 0.909. The summed E-state index contributed by atoms with van der Waals surface area (Å²) < 4.78 is 0. The van der Waals surface area contributed by atoms with Gasteiger partial charge in [0.15, 0.2) is 0 Å². The Hall–Kier alpha value is -0.180. The van der Waals surface area contributed by atoms with E-state index in [1.54, 1.807) is 0 Å². The van der Waals surface area contributed by atoms with Crippen LogP contribution in [0.5, 0.6) is 0 Å². The smallest absolute Gasteiger partial charge is 0.0957 e. The molecule has 2 saturated heterocycles. The summed E-state index contributed by atoms with van der Waals surface area (Å²) in [6, 6.07) is 0. The Labute approximate surface area is 90.9 Å². The molecule has 14 heavy (non-hydrogen) atoms. The van der Waals surface area contributed by atoms with Gasteiger partial charge in [-0.15, -0.1) is 0 Å². The summed E-state index contributed by atoms with van der Waals surface area (Å²) in [5, 5.41) is 7.88. The number of hydrogen-bond acceptors (Lipinski definition) is 2. The van der Waals surface area contributed by atoms with Crippen molar-refractivity contribution >= 4 is 17.6 Å². The predicted molar refractivity (Wildman–Crippen MR) is 63.2 cm³/mol. The van der Waals surface area contributed by atoms with E-state index in [9.17, 15) is 0 Å². The van der Waals surface area contributed by atoms with E-state index < -0.39 is 0 Å². The number of hydrogen-bond donors (Lipinski definition) is 1. The van der Waals surface area contributed by atoms with E-state index in [0.29, 0.717) is 0 Å². The van der Waals surface area contributed by atoms with Crippen molar-refractivity contribution in [1.82, 2.24) is 4.90 Å². The fourth-order valence-corrected chi connectivity index (χ4v) is 3.50. The lowest BCUT2D eigenvalue weighted by atomic mass is 10.0. The van der Waals surface area contributed by atoms with Gasteiger partial charge in [0.2, 0.25) is 0 Å². The van der Waals surface area contributed by atoms with E-state index in [-0.39, 0.29) is 0 Å². The van der Waals surface area contributed by atoms with Crippen LogP contribution in [0.25, 0.3) is 0 Å². The number of nitrogens with one attached hydrogen (secondary N) is 1. The average Bonchev–Trinajstić information content (AvgIpc) is 2.23. The van der Waals surface area contributed by atoms with Gasteiger partial charge in [0.1, 0.15) is 0 Å². The molecule has 0 bridgehead atoms. The summed E-state index contributed by atoms with van der Waals surface area (Å²) in [5.74, 6) is 4.43. The number of nitrogens with zero attached hydrogens (tertiary/aromatic N) is 1. The Morgan fingerprint density at radius 2 is 2.29 bits per heavy atom. The first kappa shape index (κ1) is 10.3. The molecule has 2 aliphatic heterocycles. The third kappa shape index (κ3) is 2.66. The summed E-state index contributed by atoms with van der Waals surface area (Å²) in [7, 11) is 0. The van der Waals surface area contributed by atoms with Crippen molar-refractivity contribution in [3.8, 4) is 0 Å². The molecule has 0 aliphatic carbocycles. The molecule has 3 heteroatoms. The molecule has 0 spiro atoms. The van der Waals surface area contributed by atoms with Crippen LogP contribution in [0.3, 0.4) is 0 Å². The van der Waals surface area contributed by atoms with Crippen molar-refractivity contribution < 1.29 is 0 Å². The third-order valence-corrected chi connectivity index (χ3v) is 4.49. The van der Waals surface area contributed by atoms with E-state index in [2.05, 4.69) is 16.7 Å². The van der Waals surface area contributed by atoms with Gasteiger partial charge in [0.25, 0.3) is 0 Å². The minimum Gasteiger partial charge on any atom is -0.360 e. The molecule has 1 N–H and O–H groups in total. The van der Waals surface area contributed by atoms with Gasteiger partial charge in [0, 0.05) is 19.5 Å². The van der Waals surface area contributed by atoms with Crippen LogP contribution in [0, 0.1) is 11.3 Å². The SMILES string of the molecule is N=C1CCCCN1CC1CCCSC1. The topological polar surface area (TPSA) is 27.1 Å². The lowest BCUT2D eigenvalue weighted by Gasteiger charge is -2.33. The van der Waals surface area contributed by atoms with Gasteiger partial charge in [-0.1, -0.05) is 0 Å². The molecule has 2 fully saturated rings. The highest BCUT2D eigenvalue weighted by Crippen LogP contribution is 2.24. The highest BCUT2D eigenvalue weighted by molar-refractivity contribution is 7.99. The zero-order chi connectivity index (χ0) is 9.80. The quantitative estimate of drug-likeness (QED) is 0.761. The highest BCUT2D eigenvalue weighted by atomic mass is 32.2. The minimum atomic E-state index is 0.854. The molecule has 2 heterocycles. The van der Waals surface area contributed by atoms with Crippen LogP contribution in [0.15, 0.2) is 0 Å². The van der Waals surface area contributed by atoms with Crippen molar-refractivity contribution in [3.05, 3.63) is 0 Å². The van der Waals surface area contributed by atoms with Crippen molar-refractivity contribution in [2.45, 2.75) is 32.1 Å². The maximum Gasteiger partial charge on any atom is 0.0957 e. The molecule has 2 aliphatic rings.